The van der Waals surface area contributed by atoms with Gasteiger partial charge in [0.1, 0.15) is 5.75 Å². The number of nitrogens with zero attached hydrogens (tertiary/aromatic N) is 1. The van der Waals surface area contributed by atoms with E-state index < -0.39 is 17.8 Å². The number of rotatable bonds is 10. The van der Waals surface area contributed by atoms with Crippen molar-refractivity contribution in [2.24, 2.45) is 5.10 Å². The van der Waals surface area contributed by atoms with Gasteiger partial charge in [0.05, 0.1) is 39.7 Å². The molecule has 0 bridgehead atoms. The Balaban J connectivity index is 1.61. The Hall–Kier alpha value is -4.38. The minimum atomic E-state index is -0.574. The van der Waals surface area contributed by atoms with Crippen LogP contribution >= 0.6 is 15.9 Å². The molecule has 0 spiro atoms. The third-order valence-electron chi connectivity index (χ3n) is 5.19. The predicted molar refractivity (Wildman–Crippen MR) is 144 cm³/mol. The summed E-state index contributed by atoms with van der Waals surface area (Å²) < 4.78 is 22.0. The number of amides is 2. The zero-order valence-electron chi connectivity index (χ0n) is 21.2. The average Bonchev–Trinajstić information content (AvgIpc) is 2.92. The maximum absolute atomic E-state index is 12.6. The summed E-state index contributed by atoms with van der Waals surface area (Å²) in [5.41, 5.74) is 4.41. The largest absolute Gasteiger partial charge is 0.493 e. The zero-order valence-corrected chi connectivity index (χ0v) is 22.7. The van der Waals surface area contributed by atoms with Crippen molar-refractivity contribution in [3.8, 4) is 23.0 Å². The molecule has 0 unspecified atom stereocenters. The van der Waals surface area contributed by atoms with Crippen molar-refractivity contribution < 1.29 is 33.3 Å². The lowest BCUT2D eigenvalue weighted by atomic mass is 10.1. The lowest BCUT2D eigenvalue weighted by molar-refractivity contribution is -0.120. The van der Waals surface area contributed by atoms with Gasteiger partial charge < -0.3 is 24.3 Å². The summed E-state index contributed by atoms with van der Waals surface area (Å²) in [5.74, 6) is -0.420. The molecule has 0 saturated heterocycles. The minimum Gasteiger partial charge on any atom is -0.493 e. The Morgan fingerprint density at radius 2 is 1.53 bits per heavy atom. The highest BCUT2D eigenvalue weighted by Gasteiger charge is 2.17. The van der Waals surface area contributed by atoms with Gasteiger partial charge in [0.25, 0.3) is 11.8 Å². The van der Waals surface area contributed by atoms with Gasteiger partial charge in [0.15, 0.2) is 11.5 Å². The molecule has 10 nitrogen and oxygen atoms in total. The maximum atomic E-state index is 12.6. The van der Waals surface area contributed by atoms with Gasteiger partial charge in [-0.3, -0.25) is 9.59 Å². The fourth-order valence-electron chi connectivity index (χ4n) is 3.25. The van der Waals surface area contributed by atoms with Crippen LogP contribution in [0, 0.1) is 6.92 Å². The number of carbonyl (C=O) groups is 3. The van der Waals surface area contributed by atoms with E-state index in [2.05, 4.69) is 31.8 Å². The van der Waals surface area contributed by atoms with Crippen LogP contribution in [-0.2, 0) is 4.79 Å². The number of halogens is 1. The average molecular weight is 584 g/mol. The summed E-state index contributed by atoms with van der Waals surface area (Å²) in [7, 11) is 4.32. The van der Waals surface area contributed by atoms with E-state index in [4.69, 9.17) is 18.9 Å². The number of esters is 1. The monoisotopic (exact) mass is 583 g/mol. The highest BCUT2D eigenvalue weighted by molar-refractivity contribution is 9.10. The summed E-state index contributed by atoms with van der Waals surface area (Å²) in [6.45, 7) is 1.58. The van der Waals surface area contributed by atoms with E-state index in [0.29, 0.717) is 28.4 Å². The number of benzene rings is 3. The lowest BCUT2D eigenvalue weighted by Crippen LogP contribution is -2.35. The molecule has 0 fully saturated rings. The Labute approximate surface area is 228 Å². The Morgan fingerprint density at radius 1 is 0.868 bits per heavy atom. The molecule has 0 radical (unpaired) electrons. The first-order valence-corrected chi connectivity index (χ1v) is 12.0. The van der Waals surface area contributed by atoms with Gasteiger partial charge in [-0.15, -0.1) is 0 Å². The first-order valence-electron chi connectivity index (χ1n) is 11.2. The molecule has 3 rings (SSSR count). The number of methoxy groups -OCH3 is 3. The first kappa shape index (κ1) is 28.2. The maximum Gasteiger partial charge on any atom is 0.343 e. The van der Waals surface area contributed by atoms with Crippen LogP contribution in [0.3, 0.4) is 0 Å². The van der Waals surface area contributed by atoms with Crippen molar-refractivity contribution >= 4 is 39.9 Å². The molecule has 2 N–H and O–H groups in total. The Kier molecular flexibility index (Phi) is 9.83. The third kappa shape index (κ3) is 7.32. The molecule has 0 aliphatic carbocycles. The van der Waals surface area contributed by atoms with Crippen molar-refractivity contribution in [3.05, 3.63) is 81.3 Å². The zero-order chi connectivity index (χ0) is 27.7. The van der Waals surface area contributed by atoms with Gasteiger partial charge in [-0.2, -0.15) is 5.10 Å². The molecule has 0 aliphatic heterocycles. The van der Waals surface area contributed by atoms with E-state index >= 15 is 0 Å². The number of nitrogens with one attached hydrogen (secondary N) is 2. The van der Waals surface area contributed by atoms with Gasteiger partial charge in [-0.1, -0.05) is 33.6 Å². The highest BCUT2D eigenvalue weighted by atomic mass is 79.9. The van der Waals surface area contributed by atoms with Crippen LogP contribution in [0.25, 0.3) is 0 Å². The summed E-state index contributed by atoms with van der Waals surface area (Å²) in [4.78, 5) is 37.3. The topological polar surface area (TPSA) is 125 Å². The van der Waals surface area contributed by atoms with E-state index in [0.717, 1.165) is 10.0 Å². The van der Waals surface area contributed by atoms with Crippen LogP contribution in [0.4, 0.5) is 0 Å². The molecule has 38 heavy (non-hydrogen) atoms. The second-order valence-corrected chi connectivity index (χ2v) is 8.74. The predicted octanol–water partition coefficient (Wildman–Crippen LogP) is 3.88. The molecular weight excluding hydrogens is 558 g/mol. The van der Waals surface area contributed by atoms with Gasteiger partial charge >= 0.3 is 5.97 Å². The molecule has 0 saturated carbocycles. The lowest BCUT2D eigenvalue weighted by Gasteiger charge is -2.14. The smallest absolute Gasteiger partial charge is 0.343 e. The molecule has 0 aromatic heterocycles. The molecule has 3 aromatic rings. The molecule has 198 valence electrons. The Bertz CT molecular complexity index is 1330. The van der Waals surface area contributed by atoms with Crippen LogP contribution in [-0.4, -0.2) is 51.9 Å². The van der Waals surface area contributed by atoms with Crippen LogP contribution in [0.2, 0.25) is 0 Å². The molecule has 3 aromatic carbocycles. The summed E-state index contributed by atoms with van der Waals surface area (Å²) in [6, 6.07) is 14.9. The number of ether oxygens (including phenoxy) is 4. The van der Waals surface area contributed by atoms with Crippen molar-refractivity contribution in [1.29, 1.82) is 0 Å². The van der Waals surface area contributed by atoms with E-state index in [-0.39, 0.29) is 17.9 Å². The third-order valence-corrected chi connectivity index (χ3v) is 5.68. The van der Waals surface area contributed by atoms with Crippen molar-refractivity contribution in [2.45, 2.75) is 6.92 Å². The van der Waals surface area contributed by atoms with Gasteiger partial charge in [-0.25, -0.2) is 10.2 Å². The molecule has 0 aliphatic rings. The van der Waals surface area contributed by atoms with Crippen LogP contribution < -0.4 is 29.7 Å². The normalized spacial score (nSPS) is 10.6. The van der Waals surface area contributed by atoms with Gasteiger partial charge in [0.2, 0.25) is 5.75 Å². The van der Waals surface area contributed by atoms with Gasteiger partial charge in [0, 0.05) is 15.6 Å². The summed E-state index contributed by atoms with van der Waals surface area (Å²) >= 11 is 3.37. The minimum absolute atomic E-state index is 0.213. The fourth-order valence-corrected chi connectivity index (χ4v) is 3.63. The fraction of sp³-hybridized carbons (Fsp3) is 0.185. The molecule has 0 atom stereocenters. The van der Waals surface area contributed by atoms with E-state index in [1.807, 2.05) is 19.1 Å². The van der Waals surface area contributed by atoms with Crippen LogP contribution in [0.5, 0.6) is 23.0 Å². The van der Waals surface area contributed by atoms with Crippen LogP contribution in [0.1, 0.15) is 31.8 Å². The molecule has 0 heterocycles. The second kappa shape index (κ2) is 13.2. The van der Waals surface area contributed by atoms with E-state index in [1.165, 1.54) is 39.7 Å². The number of aryl methyl sites for hydroxylation is 1. The van der Waals surface area contributed by atoms with Crippen LogP contribution in [0.15, 0.2) is 64.2 Å². The second-order valence-electron chi connectivity index (χ2n) is 7.83. The summed E-state index contributed by atoms with van der Waals surface area (Å²) in [5, 5.41) is 6.42. The van der Waals surface area contributed by atoms with E-state index in [1.54, 1.807) is 30.3 Å². The van der Waals surface area contributed by atoms with E-state index in [9.17, 15) is 14.4 Å². The number of hydrazone groups is 1. The standard InChI is InChI=1S/C27H26BrN3O7/c1-16-5-7-17(8-6-16)27(34)38-21-10-9-20(28)11-19(21)14-30-31-24(32)15-29-26(33)18-12-22(35-2)25(37-4)23(13-18)36-3/h5-14H,15H2,1-4H3,(H,29,33)(H,31,32)/b30-14+. The highest BCUT2D eigenvalue weighted by Crippen LogP contribution is 2.38. The molecule has 2 amide bonds. The van der Waals surface area contributed by atoms with Crippen molar-refractivity contribution in [1.82, 2.24) is 10.7 Å². The van der Waals surface area contributed by atoms with Crippen molar-refractivity contribution in [2.75, 3.05) is 27.9 Å². The summed E-state index contributed by atoms with van der Waals surface area (Å²) in [6.07, 6.45) is 1.33. The number of carbonyl (C=O) groups excluding carboxylic acids is 3. The quantitative estimate of drug-likeness (QED) is 0.160. The van der Waals surface area contributed by atoms with Crippen molar-refractivity contribution in [3.63, 3.8) is 0 Å². The molecule has 11 heteroatoms. The number of hydrogen-bond acceptors (Lipinski definition) is 8. The Morgan fingerprint density at radius 3 is 2.13 bits per heavy atom. The molecular formula is C27H26BrN3O7. The first-order chi connectivity index (χ1) is 18.2. The SMILES string of the molecule is COc1cc(C(=O)NCC(=O)N/N=C/c2cc(Br)ccc2OC(=O)c2ccc(C)cc2)cc(OC)c1OC. The number of hydrogen-bond donors (Lipinski definition) is 2. The van der Waals surface area contributed by atoms with Gasteiger partial charge in [-0.05, 0) is 49.4 Å².